The van der Waals surface area contributed by atoms with Gasteiger partial charge in [-0.3, -0.25) is 9.48 Å². The van der Waals surface area contributed by atoms with Crippen LogP contribution >= 0.6 is 0 Å². The maximum Gasteiger partial charge on any atom is 0.224 e. The van der Waals surface area contributed by atoms with E-state index in [0.29, 0.717) is 17.7 Å². The number of anilines is 1. The molecule has 0 spiro atoms. The van der Waals surface area contributed by atoms with Crippen molar-refractivity contribution in [3.8, 4) is 6.07 Å². The zero-order valence-corrected chi connectivity index (χ0v) is 10.4. The molecular weight excluding hydrogens is 240 g/mol. The number of nitrogens with zero attached hydrogens (tertiary/aromatic N) is 3. The predicted molar refractivity (Wildman–Crippen MR) is 71.2 cm³/mol. The van der Waals surface area contributed by atoms with Crippen LogP contribution in [0.1, 0.15) is 18.4 Å². The van der Waals surface area contributed by atoms with Gasteiger partial charge < -0.3 is 5.32 Å². The largest absolute Gasteiger partial charge is 0.326 e. The van der Waals surface area contributed by atoms with Crippen molar-refractivity contribution in [2.24, 2.45) is 0 Å². The number of hydrogen-bond donors (Lipinski definition) is 1. The molecule has 1 N–H and O–H groups in total. The minimum Gasteiger partial charge on any atom is -0.326 e. The Morgan fingerprint density at radius 1 is 1.37 bits per heavy atom. The fraction of sp³-hybridized carbons (Fsp3) is 0.214. The summed E-state index contributed by atoms with van der Waals surface area (Å²) in [6, 6.07) is 10.7. The van der Waals surface area contributed by atoms with Crippen LogP contribution in [0.3, 0.4) is 0 Å². The number of nitrogens with one attached hydrogen (secondary N) is 1. The van der Waals surface area contributed by atoms with E-state index in [4.69, 9.17) is 5.26 Å². The quantitative estimate of drug-likeness (QED) is 0.888. The van der Waals surface area contributed by atoms with Crippen molar-refractivity contribution in [2.45, 2.75) is 19.4 Å². The van der Waals surface area contributed by atoms with Crippen LogP contribution in [-0.4, -0.2) is 15.7 Å². The lowest BCUT2D eigenvalue weighted by Gasteiger charge is -2.05. The first-order valence-corrected chi connectivity index (χ1v) is 6.05. The van der Waals surface area contributed by atoms with Gasteiger partial charge >= 0.3 is 0 Å². The molecule has 0 radical (unpaired) electrons. The van der Waals surface area contributed by atoms with Crippen LogP contribution in [0.4, 0.5) is 5.69 Å². The lowest BCUT2D eigenvalue weighted by Crippen LogP contribution is -2.12. The molecule has 0 atom stereocenters. The van der Waals surface area contributed by atoms with Crippen LogP contribution < -0.4 is 5.32 Å². The third-order valence-electron chi connectivity index (χ3n) is 2.65. The third-order valence-corrected chi connectivity index (χ3v) is 2.65. The Bertz CT molecular complexity index is 566. The van der Waals surface area contributed by atoms with E-state index in [1.807, 2.05) is 18.3 Å². The first-order chi connectivity index (χ1) is 9.28. The zero-order valence-electron chi connectivity index (χ0n) is 10.4. The van der Waals surface area contributed by atoms with Gasteiger partial charge in [0.05, 0.1) is 11.6 Å². The molecule has 0 bridgehead atoms. The number of aryl methyl sites for hydroxylation is 1. The summed E-state index contributed by atoms with van der Waals surface area (Å²) in [4.78, 5) is 11.7. The summed E-state index contributed by atoms with van der Waals surface area (Å²) >= 11 is 0. The zero-order chi connectivity index (χ0) is 13.5. The summed E-state index contributed by atoms with van der Waals surface area (Å²) in [5.74, 6) is -0.0307. The SMILES string of the molecule is N#Cc1ccc(NC(=O)CCCn2cccn2)cc1. The van der Waals surface area contributed by atoms with Crippen LogP contribution in [0.25, 0.3) is 0 Å². The van der Waals surface area contributed by atoms with E-state index in [1.165, 1.54) is 0 Å². The highest BCUT2D eigenvalue weighted by Crippen LogP contribution is 2.09. The van der Waals surface area contributed by atoms with E-state index < -0.39 is 0 Å². The van der Waals surface area contributed by atoms with Gasteiger partial charge in [0, 0.05) is 31.0 Å². The monoisotopic (exact) mass is 254 g/mol. The lowest BCUT2D eigenvalue weighted by atomic mass is 10.2. The van der Waals surface area contributed by atoms with Crippen LogP contribution in [0, 0.1) is 11.3 Å². The van der Waals surface area contributed by atoms with Gasteiger partial charge in [-0.25, -0.2) is 0 Å². The van der Waals surface area contributed by atoms with Gasteiger partial charge in [-0.15, -0.1) is 0 Å². The van der Waals surface area contributed by atoms with Crippen molar-refractivity contribution in [1.82, 2.24) is 9.78 Å². The van der Waals surface area contributed by atoms with Crippen LogP contribution in [0.2, 0.25) is 0 Å². The lowest BCUT2D eigenvalue weighted by molar-refractivity contribution is -0.116. The molecule has 1 aromatic heterocycles. The van der Waals surface area contributed by atoms with Crippen LogP contribution in [0.5, 0.6) is 0 Å². The van der Waals surface area contributed by atoms with Gasteiger partial charge in [0.15, 0.2) is 0 Å². The van der Waals surface area contributed by atoms with Crippen LogP contribution in [0.15, 0.2) is 42.7 Å². The molecule has 1 amide bonds. The molecule has 2 aromatic rings. The molecule has 5 heteroatoms. The molecule has 96 valence electrons. The van der Waals surface area contributed by atoms with Gasteiger partial charge in [-0.1, -0.05) is 0 Å². The van der Waals surface area contributed by atoms with E-state index in [9.17, 15) is 4.79 Å². The summed E-state index contributed by atoms with van der Waals surface area (Å²) < 4.78 is 1.80. The molecular formula is C14H14N4O. The predicted octanol–water partition coefficient (Wildman–Crippen LogP) is 2.17. The third kappa shape index (κ3) is 3.96. The summed E-state index contributed by atoms with van der Waals surface area (Å²) in [5, 5.41) is 15.5. The number of nitriles is 1. The van der Waals surface area contributed by atoms with Gasteiger partial charge in [0.1, 0.15) is 0 Å². The molecule has 1 aromatic carbocycles. The fourth-order valence-electron chi connectivity index (χ4n) is 1.69. The summed E-state index contributed by atoms with van der Waals surface area (Å²) in [7, 11) is 0. The molecule has 2 rings (SSSR count). The Balaban J connectivity index is 1.76. The van der Waals surface area contributed by atoms with Crippen LogP contribution in [-0.2, 0) is 11.3 Å². The molecule has 0 saturated carbocycles. The molecule has 1 heterocycles. The minimum absolute atomic E-state index is 0.0307. The van der Waals surface area contributed by atoms with E-state index in [-0.39, 0.29) is 5.91 Å². The van der Waals surface area contributed by atoms with E-state index in [1.54, 1.807) is 35.1 Å². The van der Waals surface area contributed by atoms with Gasteiger partial charge in [-0.2, -0.15) is 10.4 Å². The smallest absolute Gasteiger partial charge is 0.224 e. The highest BCUT2D eigenvalue weighted by Gasteiger charge is 2.02. The highest BCUT2D eigenvalue weighted by molar-refractivity contribution is 5.90. The molecule has 0 saturated heterocycles. The standard InChI is InChI=1S/C14H14N4O/c15-11-12-4-6-13(7-5-12)17-14(19)3-1-9-18-10-2-8-16-18/h2,4-8,10H,1,3,9H2,(H,17,19). The normalized spacial score (nSPS) is 9.84. The maximum atomic E-state index is 11.7. The Morgan fingerprint density at radius 3 is 2.79 bits per heavy atom. The minimum atomic E-state index is -0.0307. The average Bonchev–Trinajstić information content (AvgIpc) is 2.93. The molecule has 5 nitrogen and oxygen atoms in total. The number of benzene rings is 1. The van der Waals surface area contributed by atoms with E-state index >= 15 is 0 Å². The Labute approximate surface area is 111 Å². The summed E-state index contributed by atoms with van der Waals surface area (Å²) in [6.45, 7) is 0.730. The molecule has 0 aliphatic rings. The molecule has 0 unspecified atom stereocenters. The van der Waals surface area contributed by atoms with Crippen molar-refractivity contribution in [3.63, 3.8) is 0 Å². The second-order valence-corrected chi connectivity index (χ2v) is 4.11. The molecule has 19 heavy (non-hydrogen) atoms. The van der Waals surface area contributed by atoms with Gasteiger partial charge in [0.25, 0.3) is 0 Å². The summed E-state index contributed by atoms with van der Waals surface area (Å²) in [5.41, 5.74) is 1.29. The van der Waals surface area contributed by atoms with E-state index in [2.05, 4.69) is 10.4 Å². The number of carbonyl (C=O) groups excluding carboxylic acids is 1. The first-order valence-electron chi connectivity index (χ1n) is 6.05. The molecule has 0 aliphatic carbocycles. The number of rotatable bonds is 5. The fourth-order valence-corrected chi connectivity index (χ4v) is 1.69. The Hall–Kier alpha value is -2.61. The van der Waals surface area contributed by atoms with Gasteiger partial charge in [0.2, 0.25) is 5.91 Å². The summed E-state index contributed by atoms with van der Waals surface area (Å²) in [6.07, 6.45) is 4.78. The second-order valence-electron chi connectivity index (χ2n) is 4.11. The van der Waals surface area contributed by atoms with Gasteiger partial charge in [-0.05, 0) is 36.8 Å². The van der Waals surface area contributed by atoms with E-state index in [0.717, 1.165) is 13.0 Å². The number of hydrogen-bond acceptors (Lipinski definition) is 3. The Morgan fingerprint density at radius 2 is 2.16 bits per heavy atom. The van der Waals surface area contributed by atoms with Crippen molar-refractivity contribution >= 4 is 11.6 Å². The van der Waals surface area contributed by atoms with Crippen molar-refractivity contribution in [3.05, 3.63) is 48.3 Å². The Kier molecular flexibility index (Phi) is 4.29. The van der Waals surface area contributed by atoms with Crippen molar-refractivity contribution < 1.29 is 4.79 Å². The number of aromatic nitrogens is 2. The highest BCUT2D eigenvalue weighted by atomic mass is 16.1. The van der Waals surface area contributed by atoms with Crippen molar-refractivity contribution in [2.75, 3.05) is 5.32 Å². The average molecular weight is 254 g/mol. The van der Waals surface area contributed by atoms with Crippen molar-refractivity contribution in [1.29, 1.82) is 5.26 Å². The second kappa shape index (κ2) is 6.36. The first kappa shape index (κ1) is 12.8. The number of carbonyl (C=O) groups is 1. The molecule has 0 fully saturated rings. The maximum absolute atomic E-state index is 11.7. The number of amides is 1. The topological polar surface area (TPSA) is 70.7 Å². The molecule has 0 aliphatic heterocycles.